The Morgan fingerprint density at radius 2 is 1.69 bits per heavy atom. The minimum absolute atomic E-state index is 0.000543. The van der Waals surface area contributed by atoms with Gasteiger partial charge in [0, 0.05) is 17.3 Å². The van der Waals surface area contributed by atoms with Crippen molar-refractivity contribution in [2.45, 2.75) is 39.8 Å². The second-order valence-corrected chi connectivity index (χ2v) is 9.26. The molecule has 0 spiro atoms. The van der Waals surface area contributed by atoms with Gasteiger partial charge in [-0.05, 0) is 69.2 Å². The first kappa shape index (κ1) is 23.5. The van der Waals surface area contributed by atoms with Crippen molar-refractivity contribution in [1.29, 1.82) is 0 Å². The zero-order valence-corrected chi connectivity index (χ0v) is 20.6. The zero-order valence-electron chi connectivity index (χ0n) is 20.6. The highest BCUT2D eigenvalue weighted by Crippen LogP contribution is 2.45. The van der Waals surface area contributed by atoms with E-state index in [0.717, 1.165) is 11.1 Å². The first-order chi connectivity index (χ1) is 17.2. The number of hydrogen-bond acceptors (Lipinski definition) is 6. The summed E-state index contributed by atoms with van der Waals surface area (Å²) in [5, 5.41) is 11.4. The van der Waals surface area contributed by atoms with Crippen LogP contribution in [0.4, 0.5) is 5.69 Å². The fourth-order valence-electron chi connectivity index (χ4n) is 4.59. The molecule has 7 nitrogen and oxygen atoms in total. The molecule has 0 saturated carbocycles. The number of carbonyl (C=O) groups excluding carboxylic acids is 2. The molecular weight excluding hydrogens is 458 g/mol. The number of ketones is 1. The monoisotopic (exact) mass is 485 g/mol. The van der Waals surface area contributed by atoms with Gasteiger partial charge in [-0.15, -0.1) is 0 Å². The number of aliphatic hydroxyl groups excluding tert-OH is 1. The third kappa shape index (κ3) is 4.06. The summed E-state index contributed by atoms with van der Waals surface area (Å²) in [6.07, 6.45) is -0.000543. The summed E-state index contributed by atoms with van der Waals surface area (Å²) < 4.78 is 16.7. The maximum absolute atomic E-state index is 13.4. The van der Waals surface area contributed by atoms with Crippen molar-refractivity contribution in [2.75, 3.05) is 11.7 Å². The lowest BCUT2D eigenvalue weighted by Crippen LogP contribution is -2.29. The average molecular weight is 486 g/mol. The van der Waals surface area contributed by atoms with E-state index in [1.807, 2.05) is 58.0 Å². The number of anilines is 1. The highest BCUT2D eigenvalue weighted by atomic mass is 16.7. The number of aryl methyl sites for hydroxylation is 2. The van der Waals surface area contributed by atoms with E-state index in [2.05, 4.69) is 0 Å². The highest BCUT2D eigenvalue weighted by Gasteiger charge is 2.47. The van der Waals surface area contributed by atoms with Crippen molar-refractivity contribution < 1.29 is 28.9 Å². The van der Waals surface area contributed by atoms with E-state index in [1.54, 1.807) is 30.3 Å². The fourth-order valence-corrected chi connectivity index (χ4v) is 4.59. The lowest BCUT2D eigenvalue weighted by Gasteiger charge is -2.26. The SMILES string of the molecule is Cc1ccc(C)c(/C(O)=C2\C(=O)C(=O)N(c3ccc4c(c3)OCO4)C2c2ccc(OC(C)C)cc2)c1. The molecule has 3 aromatic rings. The van der Waals surface area contributed by atoms with Crippen LogP contribution in [0.3, 0.4) is 0 Å². The van der Waals surface area contributed by atoms with E-state index in [0.29, 0.717) is 34.1 Å². The Hall–Kier alpha value is -4.26. The van der Waals surface area contributed by atoms with Gasteiger partial charge < -0.3 is 19.3 Å². The van der Waals surface area contributed by atoms with Crippen LogP contribution in [0.2, 0.25) is 0 Å². The first-order valence-corrected chi connectivity index (χ1v) is 11.8. The average Bonchev–Trinajstić information content (AvgIpc) is 3.42. The van der Waals surface area contributed by atoms with E-state index >= 15 is 0 Å². The summed E-state index contributed by atoms with van der Waals surface area (Å²) in [6.45, 7) is 7.73. The van der Waals surface area contributed by atoms with Crippen LogP contribution in [0, 0.1) is 13.8 Å². The van der Waals surface area contributed by atoms with Crippen LogP contribution < -0.4 is 19.1 Å². The number of hydrogen-bond donors (Lipinski definition) is 1. The summed E-state index contributed by atoms with van der Waals surface area (Å²) in [4.78, 5) is 28.3. The van der Waals surface area contributed by atoms with Crippen molar-refractivity contribution in [1.82, 2.24) is 0 Å². The van der Waals surface area contributed by atoms with Crippen molar-refractivity contribution in [3.05, 3.63) is 88.5 Å². The number of rotatable bonds is 5. The zero-order chi connectivity index (χ0) is 25.6. The van der Waals surface area contributed by atoms with Gasteiger partial charge in [-0.25, -0.2) is 0 Å². The number of amides is 1. The summed E-state index contributed by atoms with van der Waals surface area (Å²) >= 11 is 0. The molecule has 2 heterocycles. The number of aliphatic hydroxyl groups is 1. The maximum Gasteiger partial charge on any atom is 0.300 e. The van der Waals surface area contributed by atoms with Crippen molar-refractivity contribution in [3.63, 3.8) is 0 Å². The van der Waals surface area contributed by atoms with Gasteiger partial charge in [-0.2, -0.15) is 0 Å². The van der Waals surface area contributed by atoms with Gasteiger partial charge in [0.05, 0.1) is 17.7 Å². The van der Waals surface area contributed by atoms with Gasteiger partial charge in [0.15, 0.2) is 11.5 Å². The van der Waals surface area contributed by atoms with Crippen molar-refractivity contribution in [3.8, 4) is 17.2 Å². The third-order valence-electron chi connectivity index (χ3n) is 6.29. The minimum atomic E-state index is -0.849. The van der Waals surface area contributed by atoms with Gasteiger partial charge in [-0.1, -0.05) is 29.8 Å². The molecule has 1 fully saturated rings. The summed E-state index contributed by atoms with van der Waals surface area (Å²) in [5.41, 5.74) is 3.40. The van der Waals surface area contributed by atoms with Gasteiger partial charge in [0.25, 0.3) is 11.7 Å². The molecule has 5 rings (SSSR count). The Bertz CT molecular complexity index is 1390. The number of ether oxygens (including phenoxy) is 3. The molecule has 1 N–H and O–H groups in total. The number of fused-ring (bicyclic) bond motifs is 1. The number of carbonyl (C=O) groups is 2. The van der Waals surface area contributed by atoms with Crippen LogP contribution in [-0.4, -0.2) is 29.7 Å². The summed E-state index contributed by atoms with van der Waals surface area (Å²) in [6, 6.07) is 17.1. The lowest BCUT2D eigenvalue weighted by atomic mass is 9.93. The van der Waals surface area contributed by atoms with Crippen LogP contribution in [0.15, 0.2) is 66.2 Å². The molecule has 36 heavy (non-hydrogen) atoms. The van der Waals surface area contributed by atoms with E-state index in [1.165, 1.54) is 4.90 Å². The molecule has 7 heteroatoms. The van der Waals surface area contributed by atoms with E-state index in [-0.39, 0.29) is 24.2 Å². The van der Waals surface area contributed by atoms with Gasteiger partial charge in [0.2, 0.25) is 6.79 Å². The maximum atomic E-state index is 13.4. The molecule has 0 aliphatic carbocycles. The molecule has 184 valence electrons. The Balaban J connectivity index is 1.69. The van der Waals surface area contributed by atoms with Crippen LogP contribution >= 0.6 is 0 Å². The topological polar surface area (TPSA) is 85.3 Å². The number of Topliss-reactive ketones (excluding diaryl/α,β-unsaturated/α-hetero) is 1. The second kappa shape index (κ2) is 9.07. The van der Waals surface area contributed by atoms with Gasteiger partial charge in [0.1, 0.15) is 11.5 Å². The Kier molecular flexibility index (Phi) is 5.92. The van der Waals surface area contributed by atoms with Crippen LogP contribution in [-0.2, 0) is 9.59 Å². The van der Waals surface area contributed by atoms with E-state index in [9.17, 15) is 14.7 Å². The molecule has 1 atom stereocenters. The summed E-state index contributed by atoms with van der Waals surface area (Å²) in [7, 11) is 0. The largest absolute Gasteiger partial charge is 0.507 e. The number of benzene rings is 3. The van der Waals surface area contributed by atoms with E-state index in [4.69, 9.17) is 14.2 Å². The first-order valence-electron chi connectivity index (χ1n) is 11.8. The van der Waals surface area contributed by atoms with Crippen molar-refractivity contribution >= 4 is 23.1 Å². The quantitative estimate of drug-likeness (QED) is 0.294. The Morgan fingerprint density at radius 3 is 2.42 bits per heavy atom. The molecule has 2 aliphatic rings. The van der Waals surface area contributed by atoms with Gasteiger partial charge >= 0.3 is 0 Å². The second-order valence-electron chi connectivity index (χ2n) is 9.26. The third-order valence-corrected chi connectivity index (χ3v) is 6.29. The molecule has 0 bridgehead atoms. The molecular formula is C29H27NO6. The molecule has 1 amide bonds. The molecule has 1 unspecified atom stereocenters. The van der Waals surface area contributed by atoms with E-state index < -0.39 is 17.7 Å². The Labute approximate surface area is 209 Å². The van der Waals surface area contributed by atoms with Crippen LogP contribution in [0.25, 0.3) is 5.76 Å². The predicted octanol–water partition coefficient (Wildman–Crippen LogP) is 5.45. The smallest absolute Gasteiger partial charge is 0.300 e. The van der Waals surface area contributed by atoms with Crippen LogP contribution in [0.1, 0.15) is 42.1 Å². The predicted molar refractivity (Wildman–Crippen MR) is 135 cm³/mol. The fraction of sp³-hybridized carbons (Fsp3) is 0.241. The van der Waals surface area contributed by atoms with Crippen molar-refractivity contribution in [2.24, 2.45) is 0 Å². The summed E-state index contributed by atoms with van der Waals surface area (Å²) in [5.74, 6) is 0.0428. The van der Waals surface area contributed by atoms with Crippen LogP contribution in [0.5, 0.6) is 17.2 Å². The molecule has 2 aliphatic heterocycles. The highest BCUT2D eigenvalue weighted by molar-refractivity contribution is 6.51. The normalized spacial score (nSPS) is 18.2. The lowest BCUT2D eigenvalue weighted by molar-refractivity contribution is -0.132. The standard InChI is InChI=1S/C29H27NO6/c1-16(2)36-21-10-7-19(8-11-21)26-25(27(31)22-13-17(3)5-6-18(22)4)28(32)29(33)30(26)20-9-12-23-24(14-20)35-15-34-23/h5-14,16,26,31H,15H2,1-4H3/b27-25+. The minimum Gasteiger partial charge on any atom is -0.507 e. The molecule has 1 saturated heterocycles. The number of nitrogens with zero attached hydrogens (tertiary/aromatic N) is 1. The Morgan fingerprint density at radius 1 is 0.972 bits per heavy atom. The van der Waals surface area contributed by atoms with Gasteiger partial charge in [-0.3, -0.25) is 14.5 Å². The molecule has 0 aromatic heterocycles. The molecule has 3 aromatic carbocycles. The molecule has 0 radical (unpaired) electrons.